The largest absolute Gasteiger partial charge is 0.494 e. The number of aryl methyl sites for hydroxylation is 1. The summed E-state index contributed by atoms with van der Waals surface area (Å²) in [6.07, 6.45) is 2.01. The van der Waals surface area contributed by atoms with E-state index < -0.39 is 18.3 Å². The Morgan fingerprint density at radius 2 is 1.69 bits per heavy atom. The second-order valence-corrected chi connectivity index (χ2v) is 16.0. The van der Waals surface area contributed by atoms with Gasteiger partial charge in [-0.2, -0.15) is 0 Å². The van der Waals surface area contributed by atoms with Gasteiger partial charge in [0.05, 0.1) is 40.6 Å². The number of nitrogens with zero attached hydrogens (tertiary/aromatic N) is 4. The van der Waals surface area contributed by atoms with E-state index in [9.17, 15) is 9.90 Å². The normalized spacial score (nSPS) is 17.9. The van der Waals surface area contributed by atoms with E-state index in [0.29, 0.717) is 32.6 Å². The maximum absolute atomic E-state index is 12.9. The highest BCUT2D eigenvalue weighted by Crippen LogP contribution is 2.42. The molecule has 1 N–H and O–H groups in total. The van der Waals surface area contributed by atoms with Gasteiger partial charge in [-0.15, -0.1) is 0 Å². The van der Waals surface area contributed by atoms with E-state index >= 15 is 0 Å². The topological polar surface area (TPSA) is 98.5 Å². The van der Waals surface area contributed by atoms with Gasteiger partial charge in [-0.25, -0.2) is 4.79 Å². The molecule has 0 radical (unpaired) electrons. The van der Waals surface area contributed by atoms with Crippen molar-refractivity contribution in [3.05, 3.63) is 77.6 Å². The van der Waals surface area contributed by atoms with Crippen LogP contribution in [0.15, 0.2) is 60.8 Å². The van der Waals surface area contributed by atoms with Crippen LogP contribution in [-0.4, -0.2) is 83.9 Å². The molecule has 2 aromatic heterocycles. The van der Waals surface area contributed by atoms with Crippen LogP contribution in [0.4, 0.5) is 10.5 Å². The molecule has 1 atom stereocenters. The van der Waals surface area contributed by atoms with Gasteiger partial charge in [0, 0.05) is 62.9 Å². The highest BCUT2D eigenvalue weighted by molar-refractivity contribution is 6.62. The molecule has 0 saturated carbocycles. The number of aromatic nitrogens is 2. The fourth-order valence-electron chi connectivity index (χ4n) is 7.14. The van der Waals surface area contributed by atoms with E-state index in [1.807, 2.05) is 43.5 Å². The molecule has 2 aliphatic heterocycles. The van der Waals surface area contributed by atoms with Crippen molar-refractivity contribution in [3.8, 4) is 11.3 Å². The number of fused-ring (bicyclic) bond motifs is 1. The molecule has 278 valence electrons. The third-order valence-corrected chi connectivity index (χ3v) is 11.1. The van der Waals surface area contributed by atoms with E-state index in [-0.39, 0.29) is 30.8 Å². The minimum atomic E-state index is -0.495. The number of hydrogen-bond acceptors (Lipinski definition) is 8. The first-order valence-electron chi connectivity index (χ1n) is 18.5. The van der Waals surface area contributed by atoms with Gasteiger partial charge in [-0.1, -0.05) is 56.3 Å². The molecule has 0 spiro atoms. The lowest BCUT2D eigenvalue weighted by atomic mass is 9.77. The van der Waals surface area contributed by atoms with E-state index in [4.69, 9.17) is 23.8 Å². The van der Waals surface area contributed by atoms with Crippen molar-refractivity contribution in [2.45, 2.75) is 92.3 Å². The molecule has 4 heterocycles. The number of ether oxygens (including phenoxy) is 2. The van der Waals surface area contributed by atoms with Gasteiger partial charge < -0.3 is 38.3 Å². The van der Waals surface area contributed by atoms with Crippen LogP contribution in [0.3, 0.4) is 0 Å². The predicted molar refractivity (Wildman–Crippen MR) is 207 cm³/mol. The first-order chi connectivity index (χ1) is 24.7. The fraction of sp³-hybridized carbons (Fsp3) is 0.512. The number of methoxy groups -OCH3 is 1. The average molecular weight is 711 g/mol. The molecule has 2 saturated heterocycles. The lowest BCUT2D eigenvalue weighted by Gasteiger charge is -2.35. The molecule has 0 aliphatic carbocycles. The zero-order valence-electron chi connectivity index (χ0n) is 32.4. The number of pyridine rings is 1. The van der Waals surface area contributed by atoms with Crippen molar-refractivity contribution in [1.29, 1.82) is 0 Å². The second kappa shape index (κ2) is 14.9. The van der Waals surface area contributed by atoms with Crippen molar-refractivity contribution in [1.82, 2.24) is 14.5 Å². The SMILES string of the molecule is CCn1c(-c2cc(N3CCN(C(=O)OCc4ccccc4)CC3)cnc2[C@H](C)OC)c(CC(C)(C)CO)c2cc(B3OC(C)(C)C(C)(C)O3)ccc21. The molecule has 11 heteroatoms. The first kappa shape index (κ1) is 37.8. The summed E-state index contributed by atoms with van der Waals surface area (Å²) in [6.45, 7) is 20.1. The van der Waals surface area contributed by atoms with Crippen LogP contribution in [0.1, 0.15) is 78.3 Å². The average Bonchev–Trinajstić information content (AvgIpc) is 3.56. The highest BCUT2D eigenvalue weighted by atomic mass is 16.7. The summed E-state index contributed by atoms with van der Waals surface area (Å²) in [6, 6.07) is 18.5. The van der Waals surface area contributed by atoms with E-state index in [0.717, 1.165) is 56.7 Å². The zero-order chi connectivity index (χ0) is 37.4. The van der Waals surface area contributed by atoms with Gasteiger partial charge >= 0.3 is 13.2 Å². The van der Waals surface area contributed by atoms with Crippen LogP contribution in [0.2, 0.25) is 0 Å². The van der Waals surface area contributed by atoms with Crippen molar-refractivity contribution in [2.75, 3.05) is 44.8 Å². The Bertz CT molecular complexity index is 1870. The highest BCUT2D eigenvalue weighted by Gasteiger charge is 2.51. The Morgan fingerprint density at radius 1 is 1.02 bits per heavy atom. The number of carbonyl (C=O) groups excluding carboxylic acids is 1. The number of anilines is 1. The number of aliphatic hydroxyl groups is 1. The van der Waals surface area contributed by atoms with Gasteiger partial charge in [-0.3, -0.25) is 4.98 Å². The summed E-state index contributed by atoms with van der Waals surface area (Å²) in [4.78, 5) is 22.0. The molecule has 2 fully saturated rings. The maximum atomic E-state index is 12.9. The molecule has 0 bridgehead atoms. The Kier molecular flexibility index (Phi) is 10.8. The molecule has 6 rings (SSSR count). The number of rotatable bonds is 11. The van der Waals surface area contributed by atoms with Crippen LogP contribution in [0.25, 0.3) is 22.2 Å². The summed E-state index contributed by atoms with van der Waals surface area (Å²) < 4.78 is 26.8. The molecule has 4 aromatic rings. The summed E-state index contributed by atoms with van der Waals surface area (Å²) in [7, 11) is 1.21. The molecular weight excluding hydrogens is 655 g/mol. The predicted octanol–water partition coefficient (Wildman–Crippen LogP) is 6.75. The van der Waals surface area contributed by atoms with Gasteiger partial charge in [0.25, 0.3) is 0 Å². The Balaban J connectivity index is 1.38. The Labute approximate surface area is 309 Å². The fourth-order valence-corrected chi connectivity index (χ4v) is 7.14. The van der Waals surface area contributed by atoms with Crippen molar-refractivity contribution < 1.29 is 28.7 Å². The lowest BCUT2D eigenvalue weighted by Crippen LogP contribution is -2.49. The summed E-state index contributed by atoms with van der Waals surface area (Å²) >= 11 is 0. The molecule has 2 aliphatic rings. The van der Waals surface area contributed by atoms with Crippen LogP contribution in [0.5, 0.6) is 0 Å². The van der Waals surface area contributed by atoms with Crippen molar-refractivity contribution >= 4 is 35.3 Å². The number of hydrogen-bond donors (Lipinski definition) is 1. The van der Waals surface area contributed by atoms with Gasteiger partial charge in [0.1, 0.15) is 6.61 Å². The van der Waals surface area contributed by atoms with Crippen LogP contribution in [-0.2, 0) is 38.4 Å². The number of amides is 1. The minimum absolute atomic E-state index is 0.0415. The van der Waals surface area contributed by atoms with E-state index in [2.05, 4.69) is 82.2 Å². The summed E-state index contributed by atoms with van der Waals surface area (Å²) in [5.74, 6) is 0. The van der Waals surface area contributed by atoms with Crippen molar-refractivity contribution in [3.63, 3.8) is 0 Å². The van der Waals surface area contributed by atoms with E-state index in [1.165, 1.54) is 0 Å². The maximum Gasteiger partial charge on any atom is 0.494 e. The van der Waals surface area contributed by atoms with Crippen molar-refractivity contribution in [2.24, 2.45) is 5.41 Å². The van der Waals surface area contributed by atoms with Gasteiger partial charge in [-0.05, 0) is 82.1 Å². The van der Waals surface area contributed by atoms with Crippen LogP contribution < -0.4 is 10.4 Å². The standard InChI is InChI=1S/C41H55BN4O6/c1-10-46-35-17-16-30(42-51-40(5,6)41(7,8)52-42)22-32(35)34(24-39(3,4)27-47)37(46)33-23-31(25-43-36(33)28(2)49-9)44-18-20-45(21-19-44)38(48)50-26-29-14-12-11-13-15-29/h11-17,22-23,25,28,47H,10,18-21,24,26-27H2,1-9H3/t28-/m0/s1. The molecule has 0 unspecified atom stereocenters. The molecule has 1 amide bonds. The monoisotopic (exact) mass is 710 g/mol. The first-order valence-corrected chi connectivity index (χ1v) is 18.5. The van der Waals surface area contributed by atoms with E-state index in [1.54, 1.807) is 12.0 Å². The second-order valence-electron chi connectivity index (χ2n) is 16.0. The molecular formula is C41H55BN4O6. The van der Waals surface area contributed by atoms with Crippen LogP contribution >= 0.6 is 0 Å². The third kappa shape index (κ3) is 7.46. The number of benzene rings is 2. The molecule has 2 aromatic carbocycles. The lowest BCUT2D eigenvalue weighted by molar-refractivity contribution is 0.00578. The zero-order valence-corrected chi connectivity index (χ0v) is 32.4. The smallest absolute Gasteiger partial charge is 0.445 e. The quantitative estimate of drug-likeness (QED) is 0.171. The molecule has 10 nitrogen and oxygen atoms in total. The Morgan fingerprint density at radius 3 is 2.31 bits per heavy atom. The number of piperazine rings is 1. The van der Waals surface area contributed by atoms with Gasteiger partial charge in [0.2, 0.25) is 0 Å². The Hall–Kier alpha value is -3.90. The third-order valence-electron chi connectivity index (χ3n) is 11.1. The molecule has 52 heavy (non-hydrogen) atoms. The number of aliphatic hydroxyl groups excluding tert-OH is 1. The minimum Gasteiger partial charge on any atom is -0.445 e. The summed E-state index contributed by atoms with van der Waals surface area (Å²) in [5.41, 5.74) is 6.77. The summed E-state index contributed by atoms with van der Waals surface area (Å²) in [5, 5.41) is 11.6. The van der Waals surface area contributed by atoms with Gasteiger partial charge in [0.15, 0.2) is 0 Å². The number of carbonyl (C=O) groups is 1. The van der Waals surface area contributed by atoms with Crippen LogP contribution in [0, 0.1) is 5.41 Å².